The molecule has 0 radical (unpaired) electrons. The average Bonchev–Trinajstić information content (AvgIpc) is 2.58. The Balaban J connectivity index is 1.92. The molecule has 2 aromatic carbocycles. The quantitative estimate of drug-likeness (QED) is 0.353. The molecule has 0 aliphatic carbocycles. The van der Waals surface area contributed by atoms with Gasteiger partial charge in [-0.1, -0.05) is 18.2 Å². The first-order chi connectivity index (χ1) is 11.1. The highest BCUT2D eigenvalue weighted by molar-refractivity contribution is 5.87. The number of carbonyl (C=O) groups is 1. The highest BCUT2D eigenvalue weighted by Gasteiger charge is 2.05. The summed E-state index contributed by atoms with van der Waals surface area (Å²) >= 11 is 0. The highest BCUT2D eigenvalue weighted by atomic mass is 16.6. The molecule has 0 spiro atoms. The van der Waals surface area contributed by atoms with Crippen LogP contribution in [0, 0.1) is 10.1 Å². The van der Waals surface area contributed by atoms with Crippen molar-refractivity contribution < 1.29 is 19.2 Å². The number of rotatable bonds is 6. The SMILES string of the molecule is COc1ccccc1/C=C\C(=O)OCc1ccc([N+](=O)[O-])cc1. The van der Waals surface area contributed by atoms with Gasteiger partial charge in [-0.3, -0.25) is 10.1 Å². The lowest BCUT2D eigenvalue weighted by molar-refractivity contribution is -0.384. The third-order valence-electron chi connectivity index (χ3n) is 3.07. The molecule has 2 aromatic rings. The van der Waals surface area contributed by atoms with Crippen LogP contribution in [0.3, 0.4) is 0 Å². The molecular weight excluding hydrogens is 298 g/mol. The van der Waals surface area contributed by atoms with Crippen LogP contribution >= 0.6 is 0 Å². The van der Waals surface area contributed by atoms with Crippen molar-refractivity contribution in [2.75, 3.05) is 7.11 Å². The molecule has 0 atom stereocenters. The molecule has 0 aromatic heterocycles. The van der Waals surface area contributed by atoms with Gasteiger partial charge in [-0.2, -0.15) is 0 Å². The Bertz CT molecular complexity index is 722. The van der Waals surface area contributed by atoms with E-state index in [2.05, 4.69) is 0 Å². The molecule has 0 saturated carbocycles. The minimum Gasteiger partial charge on any atom is -0.496 e. The van der Waals surface area contributed by atoms with E-state index in [0.29, 0.717) is 11.3 Å². The van der Waals surface area contributed by atoms with Gasteiger partial charge in [0.25, 0.3) is 5.69 Å². The Morgan fingerprint density at radius 2 is 1.87 bits per heavy atom. The van der Waals surface area contributed by atoms with Crippen molar-refractivity contribution in [3.63, 3.8) is 0 Å². The smallest absolute Gasteiger partial charge is 0.331 e. The van der Waals surface area contributed by atoms with Gasteiger partial charge >= 0.3 is 5.97 Å². The van der Waals surface area contributed by atoms with Gasteiger partial charge in [0.05, 0.1) is 12.0 Å². The number of hydrogen-bond acceptors (Lipinski definition) is 5. The van der Waals surface area contributed by atoms with Gasteiger partial charge in [0, 0.05) is 23.8 Å². The fourth-order valence-electron chi connectivity index (χ4n) is 1.88. The maximum absolute atomic E-state index is 11.7. The third-order valence-corrected chi connectivity index (χ3v) is 3.07. The van der Waals surface area contributed by atoms with Crippen LogP contribution in [0.2, 0.25) is 0 Å². The summed E-state index contributed by atoms with van der Waals surface area (Å²) in [7, 11) is 1.56. The van der Waals surface area contributed by atoms with Gasteiger partial charge in [0.15, 0.2) is 0 Å². The van der Waals surface area contributed by atoms with Crippen molar-refractivity contribution in [2.24, 2.45) is 0 Å². The number of para-hydroxylation sites is 1. The lowest BCUT2D eigenvalue weighted by Crippen LogP contribution is -2.01. The van der Waals surface area contributed by atoms with Gasteiger partial charge < -0.3 is 9.47 Å². The lowest BCUT2D eigenvalue weighted by Gasteiger charge is -2.04. The molecule has 23 heavy (non-hydrogen) atoms. The molecule has 6 heteroatoms. The fourth-order valence-corrected chi connectivity index (χ4v) is 1.88. The number of esters is 1. The highest BCUT2D eigenvalue weighted by Crippen LogP contribution is 2.18. The van der Waals surface area contributed by atoms with Crippen molar-refractivity contribution in [1.29, 1.82) is 0 Å². The minimum atomic E-state index is -0.505. The van der Waals surface area contributed by atoms with Gasteiger partial charge in [-0.25, -0.2) is 4.79 Å². The summed E-state index contributed by atoms with van der Waals surface area (Å²) in [4.78, 5) is 21.8. The number of ether oxygens (including phenoxy) is 2. The molecule has 6 nitrogen and oxygen atoms in total. The van der Waals surface area contributed by atoms with Crippen LogP contribution in [0.5, 0.6) is 5.75 Å². The van der Waals surface area contributed by atoms with Crippen molar-refractivity contribution in [3.05, 3.63) is 75.8 Å². The van der Waals surface area contributed by atoms with E-state index in [1.54, 1.807) is 31.4 Å². The summed E-state index contributed by atoms with van der Waals surface area (Å²) in [6.07, 6.45) is 2.92. The van der Waals surface area contributed by atoms with Crippen LogP contribution in [0.4, 0.5) is 5.69 Å². The van der Waals surface area contributed by atoms with Gasteiger partial charge in [0.1, 0.15) is 12.4 Å². The van der Waals surface area contributed by atoms with E-state index in [9.17, 15) is 14.9 Å². The molecule has 0 bridgehead atoms. The Labute approximate surface area is 133 Å². The summed E-state index contributed by atoms with van der Waals surface area (Å²) in [6.45, 7) is 0.0487. The van der Waals surface area contributed by atoms with E-state index in [1.807, 2.05) is 18.2 Å². The van der Waals surface area contributed by atoms with E-state index >= 15 is 0 Å². The number of nitro benzene ring substituents is 1. The first-order valence-corrected chi connectivity index (χ1v) is 6.81. The van der Waals surface area contributed by atoms with Crippen LogP contribution < -0.4 is 4.74 Å². The van der Waals surface area contributed by atoms with Crippen LogP contribution in [0.25, 0.3) is 6.08 Å². The van der Waals surface area contributed by atoms with E-state index < -0.39 is 10.9 Å². The first-order valence-electron chi connectivity index (χ1n) is 6.81. The summed E-state index contributed by atoms with van der Waals surface area (Å²) in [5, 5.41) is 10.6. The van der Waals surface area contributed by atoms with Crippen molar-refractivity contribution in [2.45, 2.75) is 6.61 Å². The Morgan fingerprint density at radius 3 is 2.52 bits per heavy atom. The second-order valence-electron chi connectivity index (χ2n) is 4.61. The van der Waals surface area contributed by atoms with Crippen LogP contribution in [-0.2, 0) is 16.1 Å². The molecule has 0 unspecified atom stereocenters. The van der Waals surface area contributed by atoms with Crippen LogP contribution in [-0.4, -0.2) is 18.0 Å². The summed E-state index contributed by atoms with van der Waals surface area (Å²) < 4.78 is 10.3. The summed E-state index contributed by atoms with van der Waals surface area (Å²) in [5.74, 6) is 0.154. The molecule has 0 heterocycles. The zero-order valence-electron chi connectivity index (χ0n) is 12.5. The van der Waals surface area contributed by atoms with E-state index in [1.165, 1.54) is 18.2 Å². The molecule has 0 aliphatic heterocycles. The third kappa shape index (κ3) is 4.67. The standard InChI is InChI=1S/C17H15NO5/c1-22-16-5-3-2-4-14(16)8-11-17(19)23-12-13-6-9-15(10-7-13)18(20)21/h2-11H,12H2,1H3/b11-8-. The maximum Gasteiger partial charge on any atom is 0.331 e. The van der Waals surface area contributed by atoms with Gasteiger partial charge in [0.2, 0.25) is 0 Å². The zero-order valence-corrected chi connectivity index (χ0v) is 12.5. The molecule has 0 fully saturated rings. The largest absolute Gasteiger partial charge is 0.496 e. The van der Waals surface area contributed by atoms with Crippen LogP contribution in [0.15, 0.2) is 54.6 Å². The van der Waals surface area contributed by atoms with Crippen molar-refractivity contribution in [1.82, 2.24) is 0 Å². The fraction of sp³-hybridized carbons (Fsp3) is 0.118. The topological polar surface area (TPSA) is 78.7 Å². The summed E-state index contributed by atoms with van der Waals surface area (Å²) in [5.41, 5.74) is 1.44. The second-order valence-corrected chi connectivity index (χ2v) is 4.61. The van der Waals surface area contributed by atoms with Gasteiger partial charge in [-0.15, -0.1) is 0 Å². The number of benzene rings is 2. The molecule has 0 saturated heterocycles. The normalized spacial score (nSPS) is 10.5. The number of methoxy groups -OCH3 is 1. The Hall–Kier alpha value is -3.15. The number of carbonyl (C=O) groups excluding carboxylic acids is 1. The van der Waals surface area contributed by atoms with E-state index in [4.69, 9.17) is 9.47 Å². The number of nitro groups is 1. The first kappa shape index (κ1) is 16.2. The van der Waals surface area contributed by atoms with E-state index in [-0.39, 0.29) is 12.3 Å². The van der Waals surface area contributed by atoms with Gasteiger partial charge in [-0.05, 0) is 29.8 Å². The zero-order chi connectivity index (χ0) is 16.7. The number of hydrogen-bond donors (Lipinski definition) is 0. The number of non-ortho nitro benzene ring substituents is 1. The Kier molecular flexibility index (Phi) is 5.46. The molecule has 0 N–H and O–H groups in total. The van der Waals surface area contributed by atoms with Crippen LogP contribution in [0.1, 0.15) is 11.1 Å². The monoisotopic (exact) mass is 313 g/mol. The molecule has 2 rings (SSSR count). The number of nitrogens with zero attached hydrogens (tertiary/aromatic N) is 1. The lowest BCUT2D eigenvalue weighted by atomic mass is 10.2. The molecule has 0 amide bonds. The minimum absolute atomic E-state index is 0.00357. The predicted octanol–water partition coefficient (Wildman–Crippen LogP) is 3.36. The summed E-state index contributed by atoms with van der Waals surface area (Å²) in [6, 6.07) is 13.1. The maximum atomic E-state index is 11.7. The molecule has 118 valence electrons. The average molecular weight is 313 g/mol. The second kappa shape index (κ2) is 7.74. The predicted molar refractivity (Wildman–Crippen MR) is 84.9 cm³/mol. The Morgan fingerprint density at radius 1 is 1.17 bits per heavy atom. The van der Waals surface area contributed by atoms with Crippen molar-refractivity contribution >= 4 is 17.7 Å². The molecular formula is C17H15NO5. The van der Waals surface area contributed by atoms with E-state index in [0.717, 1.165) is 5.56 Å². The molecule has 0 aliphatic rings. The van der Waals surface area contributed by atoms with Crippen molar-refractivity contribution in [3.8, 4) is 5.75 Å².